The summed E-state index contributed by atoms with van der Waals surface area (Å²) < 4.78 is 0. The number of aromatic nitrogens is 1. The number of para-hydroxylation sites is 1. The van der Waals surface area contributed by atoms with Gasteiger partial charge < -0.3 is 0 Å². The second-order valence-electron chi connectivity index (χ2n) is 5.72. The molecule has 4 nitrogen and oxygen atoms in total. The Morgan fingerprint density at radius 3 is 2.58 bits per heavy atom. The molecule has 1 heterocycles. The van der Waals surface area contributed by atoms with Crippen LogP contribution in [0.15, 0.2) is 24.3 Å². The van der Waals surface area contributed by atoms with Crippen LogP contribution >= 0.6 is 0 Å². The van der Waals surface area contributed by atoms with E-state index in [0.717, 1.165) is 22.0 Å². The molecule has 0 fully saturated rings. The molecule has 0 aliphatic rings. The highest BCUT2D eigenvalue weighted by molar-refractivity contribution is 5.96. The summed E-state index contributed by atoms with van der Waals surface area (Å²) in [4.78, 5) is 15.9. The van der Waals surface area contributed by atoms with Crippen LogP contribution in [0.2, 0.25) is 0 Å². The molecular weight excluding hydrogens is 240 g/mol. The quantitative estimate of drug-likeness (QED) is 0.610. The van der Waals surface area contributed by atoms with E-state index in [0.29, 0.717) is 0 Å². The molecule has 4 heteroatoms. The average molecular weight is 258 g/mol. The maximum absolute atomic E-state index is 11.5. The largest absolute Gasteiger partial charge is 0.293 e. The van der Waals surface area contributed by atoms with Crippen molar-refractivity contribution in [2.75, 3.05) is 0 Å². The average Bonchev–Trinajstić information content (AvgIpc) is 2.35. The minimum absolute atomic E-state index is 0.0622. The fourth-order valence-electron chi connectivity index (χ4n) is 2.20. The fraction of sp³-hybridized carbons (Fsp3) is 0.333. The Labute approximate surface area is 112 Å². The lowest BCUT2D eigenvalue weighted by atomic mass is 9.85. The molecule has 1 aromatic carbocycles. The van der Waals surface area contributed by atoms with Gasteiger partial charge >= 0.3 is 0 Å². The van der Waals surface area contributed by atoms with Gasteiger partial charge in [-0.3, -0.25) is 10.0 Å². The summed E-state index contributed by atoms with van der Waals surface area (Å²) in [6.07, 6.45) is 0. The number of aryl methyl sites for hydroxylation is 1. The van der Waals surface area contributed by atoms with Gasteiger partial charge in [0, 0.05) is 5.39 Å². The smallest absolute Gasteiger partial charge is 0.288 e. The summed E-state index contributed by atoms with van der Waals surface area (Å²) in [6.45, 7) is 8.26. The highest BCUT2D eigenvalue weighted by atomic mass is 16.5. The van der Waals surface area contributed by atoms with Crippen molar-refractivity contribution in [3.05, 3.63) is 41.1 Å². The number of hydrogen-bond acceptors (Lipinski definition) is 3. The molecule has 0 saturated heterocycles. The molecular formula is C15H18N2O2. The second kappa shape index (κ2) is 4.63. The van der Waals surface area contributed by atoms with Crippen LogP contribution < -0.4 is 5.48 Å². The summed E-state index contributed by atoms with van der Waals surface area (Å²) in [7, 11) is 0. The second-order valence-corrected chi connectivity index (χ2v) is 5.72. The summed E-state index contributed by atoms with van der Waals surface area (Å²) in [5.41, 5.74) is 4.66. The summed E-state index contributed by atoms with van der Waals surface area (Å²) in [5.74, 6) is -0.589. The van der Waals surface area contributed by atoms with Gasteiger partial charge in [-0.2, -0.15) is 0 Å². The Morgan fingerprint density at radius 2 is 2.00 bits per heavy atom. The predicted octanol–water partition coefficient (Wildman–Crippen LogP) is 2.96. The van der Waals surface area contributed by atoms with Crippen molar-refractivity contribution in [3.8, 4) is 0 Å². The molecule has 0 saturated carbocycles. The van der Waals surface area contributed by atoms with Crippen molar-refractivity contribution < 1.29 is 10.0 Å². The van der Waals surface area contributed by atoms with Crippen molar-refractivity contribution >= 4 is 16.8 Å². The monoisotopic (exact) mass is 258 g/mol. The number of benzene rings is 1. The Hall–Kier alpha value is -1.94. The Morgan fingerprint density at radius 1 is 1.32 bits per heavy atom. The van der Waals surface area contributed by atoms with E-state index in [-0.39, 0.29) is 11.1 Å². The molecule has 0 atom stereocenters. The van der Waals surface area contributed by atoms with E-state index in [2.05, 4.69) is 25.8 Å². The molecule has 0 bridgehead atoms. The van der Waals surface area contributed by atoms with E-state index in [4.69, 9.17) is 5.21 Å². The van der Waals surface area contributed by atoms with Crippen LogP contribution in [0.25, 0.3) is 10.9 Å². The van der Waals surface area contributed by atoms with Crippen molar-refractivity contribution in [3.63, 3.8) is 0 Å². The fourth-order valence-corrected chi connectivity index (χ4v) is 2.20. The zero-order chi connectivity index (χ0) is 14.2. The third-order valence-corrected chi connectivity index (χ3v) is 3.19. The number of carbonyl (C=O) groups is 1. The predicted molar refractivity (Wildman–Crippen MR) is 74.4 cm³/mol. The van der Waals surface area contributed by atoms with Crippen molar-refractivity contribution in [2.45, 2.75) is 33.1 Å². The lowest BCUT2D eigenvalue weighted by Gasteiger charge is -2.21. The number of carbonyl (C=O) groups excluding carboxylic acids is 1. The third kappa shape index (κ3) is 2.44. The van der Waals surface area contributed by atoms with E-state index >= 15 is 0 Å². The number of fused-ring (bicyclic) bond motifs is 1. The van der Waals surface area contributed by atoms with E-state index < -0.39 is 5.91 Å². The normalized spacial score (nSPS) is 11.6. The molecule has 2 rings (SSSR count). The zero-order valence-corrected chi connectivity index (χ0v) is 11.6. The molecule has 2 N–H and O–H groups in total. The van der Waals surface area contributed by atoms with Crippen LogP contribution in [0.3, 0.4) is 0 Å². The third-order valence-electron chi connectivity index (χ3n) is 3.19. The lowest BCUT2D eigenvalue weighted by Crippen LogP contribution is -2.21. The van der Waals surface area contributed by atoms with Crippen LogP contribution in [0.1, 0.15) is 42.4 Å². The first-order valence-corrected chi connectivity index (χ1v) is 6.20. The number of hydrogen-bond donors (Lipinski definition) is 2. The molecule has 2 aromatic rings. The maximum atomic E-state index is 11.5. The SMILES string of the molecule is Cc1cc(C(=O)NO)nc2c(C(C)(C)C)cccc12. The summed E-state index contributed by atoms with van der Waals surface area (Å²) in [6, 6.07) is 7.70. The molecule has 1 aromatic heterocycles. The summed E-state index contributed by atoms with van der Waals surface area (Å²) in [5, 5.41) is 9.77. The first kappa shape index (κ1) is 13.5. The van der Waals surface area contributed by atoms with Gasteiger partial charge in [0.2, 0.25) is 0 Å². The van der Waals surface area contributed by atoms with E-state index in [1.807, 2.05) is 25.1 Å². The number of nitrogens with zero attached hydrogens (tertiary/aromatic N) is 1. The van der Waals surface area contributed by atoms with Gasteiger partial charge in [0.15, 0.2) is 0 Å². The van der Waals surface area contributed by atoms with Crippen LogP contribution in [0.4, 0.5) is 0 Å². The molecule has 0 aliphatic heterocycles. The van der Waals surface area contributed by atoms with Gasteiger partial charge in [-0.25, -0.2) is 10.5 Å². The van der Waals surface area contributed by atoms with Crippen LogP contribution in [-0.2, 0) is 5.41 Å². The minimum atomic E-state index is -0.589. The number of nitrogens with one attached hydrogen (secondary N) is 1. The molecule has 0 unspecified atom stereocenters. The van der Waals surface area contributed by atoms with E-state index in [9.17, 15) is 4.79 Å². The molecule has 0 aliphatic carbocycles. The number of pyridine rings is 1. The first-order chi connectivity index (χ1) is 8.84. The van der Waals surface area contributed by atoms with Gasteiger partial charge in [-0.1, -0.05) is 39.0 Å². The van der Waals surface area contributed by atoms with Crippen LogP contribution in [-0.4, -0.2) is 16.1 Å². The Bertz CT molecular complexity index is 642. The van der Waals surface area contributed by atoms with Crippen molar-refractivity contribution in [1.29, 1.82) is 0 Å². The highest BCUT2D eigenvalue weighted by Gasteiger charge is 2.19. The van der Waals surface area contributed by atoms with Crippen molar-refractivity contribution in [2.24, 2.45) is 0 Å². The number of amides is 1. The molecule has 19 heavy (non-hydrogen) atoms. The highest BCUT2D eigenvalue weighted by Crippen LogP contribution is 2.30. The van der Waals surface area contributed by atoms with Gasteiger partial charge in [-0.05, 0) is 29.5 Å². The first-order valence-electron chi connectivity index (χ1n) is 6.20. The topological polar surface area (TPSA) is 62.2 Å². The lowest BCUT2D eigenvalue weighted by molar-refractivity contribution is 0.0701. The zero-order valence-electron chi connectivity index (χ0n) is 11.6. The molecule has 100 valence electrons. The summed E-state index contributed by atoms with van der Waals surface area (Å²) >= 11 is 0. The van der Waals surface area contributed by atoms with Gasteiger partial charge in [0.05, 0.1) is 5.52 Å². The van der Waals surface area contributed by atoms with Gasteiger partial charge in [0.1, 0.15) is 5.69 Å². The van der Waals surface area contributed by atoms with E-state index in [1.54, 1.807) is 11.5 Å². The number of rotatable bonds is 1. The van der Waals surface area contributed by atoms with Crippen molar-refractivity contribution in [1.82, 2.24) is 10.5 Å². The molecule has 0 radical (unpaired) electrons. The minimum Gasteiger partial charge on any atom is -0.288 e. The molecule has 1 amide bonds. The van der Waals surface area contributed by atoms with Crippen LogP contribution in [0, 0.1) is 6.92 Å². The molecule has 0 spiro atoms. The Kier molecular flexibility index (Phi) is 3.28. The van der Waals surface area contributed by atoms with Gasteiger partial charge in [-0.15, -0.1) is 0 Å². The standard InChI is InChI=1S/C15H18N2O2/c1-9-8-12(14(18)17-19)16-13-10(9)6-5-7-11(13)15(2,3)4/h5-8,19H,1-4H3,(H,17,18). The number of hydroxylamine groups is 1. The van der Waals surface area contributed by atoms with E-state index in [1.165, 1.54) is 0 Å². The van der Waals surface area contributed by atoms with Gasteiger partial charge in [0.25, 0.3) is 5.91 Å². The van der Waals surface area contributed by atoms with Crippen LogP contribution in [0.5, 0.6) is 0 Å². The maximum Gasteiger partial charge on any atom is 0.293 e. The Balaban J connectivity index is 2.80.